The van der Waals surface area contributed by atoms with Gasteiger partial charge < -0.3 is 5.01 Å². The maximum Gasteiger partial charge on any atom is 0.416 e. The molecular formula is C10H14F3N4OP. The van der Waals surface area contributed by atoms with Crippen LogP contribution in [0.25, 0.3) is 0 Å². The third-order valence-electron chi connectivity index (χ3n) is 2.81. The highest BCUT2D eigenvalue weighted by Gasteiger charge is 2.32. The fourth-order valence-electron chi connectivity index (χ4n) is 2.04. The zero-order valence-corrected chi connectivity index (χ0v) is 10.8. The molecule has 0 bridgehead atoms. The minimum atomic E-state index is -4.42. The first-order valence-corrected chi connectivity index (χ1v) is 7.44. The average Bonchev–Trinajstić information content (AvgIpc) is 2.25. The van der Waals surface area contributed by atoms with Gasteiger partial charge in [-0.15, -0.1) is 0 Å². The monoisotopic (exact) mass is 294 g/mol. The molecule has 0 amide bonds. The molecule has 0 saturated heterocycles. The predicted molar refractivity (Wildman–Crippen MR) is 66.2 cm³/mol. The average molecular weight is 294 g/mol. The van der Waals surface area contributed by atoms with Gasteiger partial charge in [0.2, 0.25) is 0 Å². The van der Waals surface area contributed by atoms with Crippen LogP contribution in [-0.2, 0) is 17.2 Å². The molecule has 106 valence electrons. The van der Waals surface area contributed by atoms with Crippen molar-refractivity contribution in [1.82, 2.24) is 5.20 Å². The summed E-state index contributed by atoms with van der Waals surface area (Å²) in [6.45, 7) is 0.396. The van der Waals surface area contributed by atoms with E-state index in [1.807, 2.05) is 0 Å². The molecular weight excluding hydrogens is 280 g/mol. The highest BCUT2D eigenvalue weighted by molar-refractivity contribution is 7.56. The van der Waals surface area contributed by atoms with E-state index in [0.29, 0.717) is 25.1 Å². The van der Waals surface area contributed by atoms with Crippen molar-refractivity contribution in [2.24, 2.45) is 11.0 Å². The molecule has 9 heteroatoms. The number of nitrogens with zero attached hydrogens (tertiary/aromatic N) is 1. The van der Waals surface area contributed by atoms with Crippen LogP contribution in [0.15, 0.2) is 18.2 Å². The van der Waals surface area contributed by atoms with Gasteiger partial charge >= 0.3 is 6.18 Å². The van der Waals surface area contributed by atoms with Crippen LogP contribution in [0.4, 0.5) is 18.9 Å². The van der Waals surface area contributed by atoms with Gasteiger partial charge in [-0.05, 0) is 30.5 Å². The maximum atomic E-state index is 12.7. The van der Waals surface area contributed by atoms with E-state index in [1.165, 1.54) is 11.1 Å². The largest absolute Gasteiger partial charge is 0.416 e. The van der Waals surface area contributed by atoms with E-state index in [-0.39, 0.29) is 0 Å². The molecule has 0 unspecified atom stereocenters. The second-order valence-electron chi connectivity index (χ2n) is 4.41. The number of rotatable bonds is 2. The van der Waals surface area contributed by atoms with Gasteiger partial charge in [-0.2, -0.15) is 18.4 Å². The minimum absolute atomic E-state index is 0.317. The van der Waals surface area contributed by atoms with E-state index in [1.54, 1.807) is 0 Å². The summed E-state index contributed by atoms with van der Waals surface area (Å²) in [7, 11) is -3.55. The second kappa shape index (κ2) is 4.79. The van der Waals surface area contributed by atoms with Crippen LogP contribution in [0, 0.1) is 0 Å². The van der Waals surface area contributed by atoms with Gasteiger partial charge in [-0.25, -0.2) is 0 Å². The fraction of sp³-hybridized carbons (Fsp3) is 0.400. The van der Waals surface area contributed by atoms with E-state index in [9.17, 15) is 17.7 Å². The van der Waals surface area contributed by atoms with Crippen LogP contribution in [0.2, 0.25) is 0 Å². The number of hydrazine groups is 1. The van der Waals surface area contributed by atoms with Crippen LogP contribution >= 0.6 is 7.59 Å². The molecule has 19 heavy (non-hydrogen) atoms. The molecule has 5 nitrogen and oxygen atoms in total. The summed E-state index contributed by atoms with van der Waals surface area (Å²) >= 11 is 0. The number of nitrogens with one attached hydrogen (secondary N) is 1. The Bertz CT molecular complexity index is 528. The molecule has 2 rings (SSSR count). The molecule has 1 aromatic carbocycles. The number of alkyl halides is 3. The Morgan fingerprint density at radius 2 is 2.00 bits per heavy atom. The molecule has 0 radical (unpaired) electrons. The summed E-state index contributed by atoms with van der Waals surface area (Å²) in [6, 6.07) is 3.47. The molecule has 0 spiro atoms. The van der Waals surface area contributed by atoms with Gasteiger partial charge in [0.15, 0.2) is 0 Å². The van der Waals surface area contributed by atoms with Crippen molar-refractivity contribution in [3.63, 3.8) is 0 Å². The summed E-state index contributed by atoms with van der Waals surface area (Å²) in [4.78, 5) is 0. The molecule has 0 aliphatic carbocycles. The number of aryl methyl sites for hydroxylation is 1. The highest BCUT2D eigenvalue weighted by Crippen LogP contribution is 2.36. The number of fused-ring (bicyclic) bond motifs is 1. The van der Waals surface area contributed by atoms with E-state index in [4.69, 9.17) is 11.0 Å². The molecule has 0 atom stereocenters. The Morgan fingerprint density at radius 1 is 1.32 bits per heavy atom. The van der Waals surface area contributed by atoms with Gasteiger partial charge in [-0.1, -0.05) is 6.07 Å². The van der Waals surface area contributed by atoms with Gasteiger partial charge in [0, 0.05) is 6.54 Å². The van der Waals surface area contributed by atoms with E-state index >= 15 is 0 Å². The number of benzene rings is 1. The number of anilines is 1. The van der Waals surface area contributed by atoms with Gasteiger partial charge in [0.05, 0.1) is 11.3 Å². The molecule has 0 fully saturated rings. The predicted octanol–water partition coefficient (Wildman–Crippen LogP) is 1.99. The fourth-order valence-corrected chi connectivity index (χ4v) is 2.63. The SMILES string of the molecule is NP(N)(=O)NN1CCCc2ccc(C(F)(F)F)cc21. The van der Waals surface area contributed by atoms with Crippen LogP contribution in [0.3, 0.4) is 0 Å². The lowest BCUT2D eigenvalue weighted by molar-refractivity contribution is -0.137. The lowest BCUT2D eigenvalue weighted by Crippen LogP contribution is -2.43. The Labute approximate surface area is 108 Å². The Balaban J connectivity index is 2.38. The van der Waals surface area contributed by atoms with E-state index in [2.05, 4.69) is 5.20 Å². The Kier molecular flexibility index (Phi) is 3.61. The maximum absolute atomic E-state index is 12.7. The lowest BCUT2D eigenvalue weighted by atomic mass is 10.0. The number of hydrogen-bond acceptors (Lipinski definition) is 2. The van der Waals surface area contributed by atoms with Crippen molar-refractivity contribution in [1.29, 1.82) is 0 Å². The van der Waals surface area contributed by atoms with Crippen molar-refractivity contribution in [2.45, 2.75) is 19.0 Å². The Hall–Kier alpha value is -1.08. The standard InChI is InChI=1S/C10H14F3N4OP/c11-10(12,13)8-4-3-7-2-1-5-17(9(7)6-8)16-19(14,15)18/h3-4,6H,1-2,5H2,(H5,14,15,16,18). The van der Waals surface area contributed by atoms with Crippen molar-refractivity contribution < 1.29 is 17.7 Å². The molecule has 1 aliphatic heterocycles. The van der Waals surface area contributed by atoms with Gasteiger partial charge in [0.1, 0.15) is 0 Å². The summed E-state index contributed by atoms with van der Waals surface area (Å²) < 4.78 is 49.4. The quantitative estimate of drug-likeness (QED) is 0.726. The van der Waals surface area contributed by atoms with Crippen LogP contribution < -0.4 is 21.2 Å². The molecule has 0 aromatic heterocycles. The van der Waals surface area contributed by atoms with Gasteiger partial charge in [0.25, 0.3) is 7.59 Å². The van der Waals surface area contributed by atoms with Crippen molar-refractivity contribution in [3.05, 3.63) is 29.3 Å². The molecule has 5 N–H and O–H groups in total. The first kappa shape index (κ1) is 14.3. The summed E-state index contributed by atoms with van der Waals surface area (Å²) in [5.74, 6) is 0. The summed E-state index contributed by atoms with van der Waals surface area (Å²) in [5, 5.41) is 3.70. The van der Waals surface area contributed by atoms with Crippen LogP contribution in [0.5, 0.6) is 0 Å². The molecule has 1 aromatic rings. The van der Waals surface area contributed by atoms with Crippen LogP contribution in [-0.4, -0.2) is 6.54 Å². The van der Waals surface area contributed by atoms with Crippen molar-refractivity contribution in [3.8, 4) is 0 Å². The van der Waals surface area contributed by atoms with E-state index in [0.717, 1.165) is 17.7 Å². The lowest BCUT2D eigenvalue weighted by Gasteiger charge is -2.32. The van der Waals surface area contributed by atoms with Crippen molar-refractivity contribution >= 4 is 13.3 Å². The second-order valence-corrected chi connectivity index (χ2v) is 6.02. The third kappa shape index (κ3) is 3.48. The topological polar surface area (TPSA) is 84.4 Å². The first-order chi connectivity index (χ1) is 8.67. The Morgan fingerprint density at radius 3 is 2.58 bits per heavy atom. The number of nitrogens with two attached hydrogens (primary N) is 2. The minimum Gasteiger partial charge on any atom is -0.300 e. The first-order valence-electron chi connectivity index (χ1n) is 5.59. The normalized spacial score (nSPS) is 16.4. The van der Waals surface area contributed by atoms with Crippen LogP contribution in [0.1, 0.15) is 17.5 Å². The van der Waals surface area contributed by atoms with E-state index < -0.39 is 19.3 Å². The number of hydrogen-bond donors (Lipinski definition) is 3. The highest BCUT2D eigenvalue weighted by atomic mass is 31.2. The smallest absolute Gasteiger partial charge is 0.300 e. The zero-order chi connectivity index (χ0) is 14.3. The summed E-state index contributed by atoms with van der Waals surface area (Å²) in [5.41, 5.74) is 10.7. The zero-order valence-electron chi connectivity index (χ0n) is 9.94. The van der Waals surface area contributed by atoms with Crippen molar-refractivity contribution in [2.75, 3.05) is 11.6 Å². The van der Waals surface area contributed by atoms with Gasteiger partial charge in [-0.3, -0.25) is 15.6 Å². The number of halogens is 3. The molecule has 1 heterocycles. The third-order valence-corrected chi connectivity index (χ3v) is 3.36. The molecule has 0 saturated carbocycles. The molecule has 1 aliphatic rings. The summed E-state index contributed by atoms with van der Waals surface area (Å²) in [6.07, 6.45) is -3.05.